The third kappa shape index (κ3) is 2.61. The zero-order valence-electron chi connectivity index (χ0n) is 15.4. The molecule has 0 amide bonds. The van der Waals surface area contributed by atoms with Gasteiger partial charge < -0.3 is 0 Å². The second kappa shape index (κ2) is 6.60. The maximum absolute atomic E-state index is 15.2. The van der Waals surface area contributed by atoms with Crippen LogP contribution in [0.25, 0.3) is 52.3 Å². The van der Waals surface area contributed by atoms with Gasteiger partial charge in [0, 0.05) is 16.7 Å². The number of aromatic nitrogens is 3. The van der Waals surface area contributed by atoms with E-state index in [0.29, 0.717) is 26.9 Å². The summed E-state index contributed by atoms with van der Waals surface area (Å²) in [6, 6.07) is 10.3. The molecule has 8 heteroatoms. The van der Waals surface area contributed by atoms with E-state index in [1.165, 1.54) is 34.8 Å². The minimum atomic E-state index is -0.449. The Morgan fingerprint density at radius 3 is 2.23 bits per heavy atom. The molecular formula is C22H11F2N3S3. The lowest BCUT2D eigenvalue weighted by molar-refractivity contribution is 0.628. The van der Waals surface area contributed by atoms with Crippen LogP contribution in [0, 0.1) is 18.6 Å². The number of aryl methyl sites for hydroxylation is 1. The van der Waals surface area contributed by atoms with Gasteiger partial charge in [-0.1, -0.05) is 6.07 Å². The van der Waals surface area contributed by atoms with Crippen LogP contribution in [-0.2, 0) is 0 Å². The van der Waals surface area contributed by atoms with Gasteiger partial charge in [-0.3, -0.25) is 0 Å². The van der Waals surface area contributed by atoms with Crippen molar-refractivity contribution in [3.05, 3.63) is 64.6 Å². The molecule has 0 bridgehead atoms. The van der Waals surface area contributed by atoms with Gasteiger partial charge in [0.05, 0.1) is 36.2 Å². The third-order valence-electron chi connectivity index (χ3n) is 5.18. The molecule has 0 aliphatic carbocycles. The molecule has 3 heterocycles. The molecule has 0 unspecified atom stereocenters. The molecule has 0 radical (unpaired) electrons. The molecule has 3 nitrogen and oxygen atoms in total. The molecule has 0 spiro atoms. The SMILES string of the molecule is Cc1c(-c2nc3c(-c4ccc5scnc5c4F)cc(F)cc3s2)ccc2scnc12. The van der Waals surface area contributed by atoms with Gasteiger partial charge in [0.25, 0.3) is 0 Å². The molecular weight excluding hydrogens is 440 g/mol. The average molecular weight is 452 g/mol. The molecule has 0 N–H and O–H groups in total. The minimum absolute atomic E-state index is 0.301. The summed E-state index contributed by atoms with van der Waals surface area (Å²) in [6.45, 7) is 2.01. The van der Waals surface area contributed by atoms with Gasteiger partial charge in [0.1, 0.15) is 16.3 Å². The fourth-order valence-corrected chi connectivity index (χ4v) is 6.23. The highest BCUT2D eigenvalue weighted by Gasteiger charge is 2.19. The van der Waals surface area contributed by atoms with E-state index in [-0.39, 0.29) is 0 Å². The quantitative estimate of drug-likeness (QED) is 0.275. The topological polar surface area (TPSA) is 38.7 Å². The number of benzene rings is 3. The Labute approximate surface area is 181 Å². The number of hydrogen-bond donors (Lipinski definition) is 0. The zero-order chi connectivity index (χ0) is 20.4. The second-order valence-electron chi connectivity index (χ2n) is 6.88. The van der Waals surface area contributed by atoms with Crippen LogP contribution in [0.1, 0.15) is 5.56 Å². The third-order valence-corrected chi connectivity index (χ3v) is 7.80. The first kappa shape index (κ1) is 18.0. The van der Waals surface area contributed by atoms with Gasteiger partial charge in [0.2, 0.25) is 0 Å². The lowest BCUT2D eigenvalue weighted by Crippen LogP contribution is -1.89. The summed E-state index contributed by atoms with van der Waals surface area (Å²) in [4.78, 5) is 13.4. The predicted octanol–water partition coefficient (Wildman–Crippen LogP) is 7.44. The van der Waals surface area contributed by atoms with E-state index in [9.17, 15) is 4.39 Å². The molecule has 3 aromatic heterocycles. The first-order valence-electron chi connectivity index (χ1n) is 9.05. The van der Waals surface area contributed by atoms with Crippen LogP contribution in [0.15, 0.2) is 47.4 Å². The van der Waals surface area contributed by atoms with Gasteiger partial charge in [-0.25, -0.2) is 23.7 Å². The van der Waals surface area contributed by atoms with Gasteiger partial charge in [-0.2, -0.15) is 0 Å². The van der Waals surface area contributed by atoms with Gasteiger partial charge >= 0.3 is 0 Å². The summed E-state index contributed by atoms with van der Waals surface area (Å²) in [5.74, 6) is -0.868. The summed E-state index contributed by atoms with van der Waals surface area (Å²) >= 11 is 4.36. The number of rotatable bonds is 2. The van der Waals surface area contributed by atoms with Crippen LogP contribution in [0.4, 0.5) is 8.78 Å². The fraction of sp³-hybridized carbons (Fsp3) is 0.0455. The molecule has 6 aromatic rings. The lowest BCUT2D eigenvalue weighted by atomic mass is 10.0. The van der Waals surface area contributed by atoms with E-state index in [4.69, 9.17) is 4.98 Å². The molecule has 6 rings (SSSR count). The summed E-state index contributed by atoms with van der Waals surface area (Å²) in [6.07, 6.45) is 0. The summed E-state index contributed by atoms with van der Waals surface area (Å²) in [5, 5.41) is 0.763. The van der Waals surface area contributed by atoms with Crippen LogP contribution < -0.4 is 0 Å². The number of nitrogens with zero attached hydrogens (tertiary/aromatic N) is 3. The highest BCUT2D eigenvalue weighted by molar-refractivity contribution is 7.21. The van der Waals surface area contributed by atoms with Crippen molar-refractivity contribution in [1.82, 2.24) is 15.0 Å². The van der Waals surface area contributed by atoms with Crippen LogP contribution in [0.5, 0.6) is 0 Å². The van der Waals surface area contributed by atoms with Crippen LogP contribution in [-0.4, -0.2) is 15.0 Å². The van der Waals surface area contributed by atoms with Gasteiger partial charge in [-0.15, -0.1) is 34.0 Å². The van der Waals surface area contributed by atoms with Crippen molar-refractivity contribution in [2.45, 2.75) is 6.92 Å². The van der Waals surface area contributed by atoms with Crippen molar-refractivity contribution in [2.75, 3.05) is 0 Å². The smallest absolute Gasteiger partial charge is 0.158 e. The van der Waals surface area contributed by atoms with Crippen molar-refractivity contribution in [2.24, 2.45) is 0 Å². The standard InChI is InChI=1S/C22H11F2N3S3/c1-10-12(2-4-15-19(10)25-8-28-15)22-27-20-14(6-11(23)7-17(20)30-22)13-3-5-16-21(18(13)24)26-9-29-16/h2-9H,1H3. The Kier molecular flexibility index (Phi) is 3.96. The Balaban J connectivity index is 1.61. The Morgan fingerprint density at radius 1 is 0.733 bits per heavy atom. The molecule has 0 aliphatic rings. The number of fused-ring (bicyclic) bond motifs is 3. The van der Waals surface area contributed by atoms with Crippen molar-refractivity contribution in [1.29, 1.82) is 0 Å². The summed E-state index contributed by atoms with van der Waals surface area (Å²) in [7, 11) is 0. The Hall–Kier alpha value is -2.81. The maximum Gasteiger partial charge on any atom is 0.158 e. The van der Waals surface area contributed by atoms with E-state index >= 15 is 4.39 Å². The molecule has 146 valence electrons. The number of halogens is 2. The fourth-order valence-electron chi connectivity index (χ4n) is 3.72. The molecule has 30 heavy (non-hydrogen) atoms. The first-order valence-corrected chi connectivity index (χ1v) is 11.6. The summed E-state index contributed by atoms with van der Waals surface area (Å²) in [5.41, 5.74) is 8.00. The van der Waals surface area contributed by atoms with E-state index in [1.54, 1.807) is 22.9 Å². The highest BCUT2D eigenvalue weighted by Crippen LogP contribution is 2.40. The van der Waals surface area contributed by atoms with Gasteiger partial charge in [0.15, 0.2) is 5.82 Å². The van der Waals surface area contributed by atoms with Gasteiger partial charge in [-0.05, 0) is 42.8 Å². The normalized spacial score (nSPS) is 11.8. The van der Waals surface area contributed by atoms with Crippen molar-refractivity contribution in [3.63, 3.8) is 0 Å². The van der Waals surface area contributed by atoms with Crippen molar-refractivity contribution >= 4 is 64.7 Å². The molecule has 0 saturated carbocycles. The maximum atomic E-state index is 15.2. The average Bonchev–Trinajstić information content (AvgIpc) is 3.47. The molecule has 0 fully saturated rings. The predicted molar refractivity (Wildman–Crippen MR) is 122 cm³/mol. The number of thiazole rings is 3. The minimum Gasteiger partial charge on any atom is -0.244 e. The largest absolute Gasteiger partial charge is 0.244 e. The molecule has 0 atom stereocenters. The van der Waals surface area contributed by atoms with Crippen LogP contribution in [0.3, 0.4) is 0 Å². The molecule has 3 aromatic carbocycles. The van der Waals surface area contributed by atoms with Crippen molar-refractivity contribution in [3.8, 4) is 21.7 Å². The van der Waals surface area contributed by atoms with E-state index in [1.807, 2.05) is 30.6 Å². The van der Waals surface area contributed by atoms with E-state index < -0.39 is 11.6 Å². The Bertz CT molecular complexity index is 1600. The highest BCUT2D eigenvalue weighted by atomic mass is 32.1. The zero-order valence-corrected chi connectivity index (χ0v) is 17.9. The van der Waals surface area contributed by atoms with Crippen LogP contribution >= 0.6 is 34.0 Å². The first-order chi connectivity index (χ1) is 14.6. The van der Waals surface area contributed by atoms with E-state index in [0.717, 1.165) is 31.1 Å². The second-order valence-corrected chi connectivity index (χ2v) is 9.69. The lowest BCUT2D eigenvalue weighted by Gasteiger charge is -2.06. The molecule has 0 saturated heterocycles. The van der Waals surface area contributed by atoms with E-state index in [2.05, 4.69) is 9.97 Å². The summed E-state index contributed by atoms with van der Waals surface area (Å²) < 4.78 is 32.2. The van der Waals surface area contributed by atoms with Crippen LogP contribution in [0.2, 0.25) is 0 Å². The van der Waals surface area contributed by atoms with Crippen molar-refractivity contribution < 1.29 is 8.78 Å². The monoisotopic (exact) mass is 451 g/mol. The molecule has 0 aliphatic heterocycles. The number of hydrogen-bond acceptors (Lipinski definition) is 6. The Morgan fingerprint density at radius 2 is 1.43 bits per heavy atom.